The molecule has 0 unspecified atom stereocenters. The molecule has 2 fully saturated rings. The second kappa shape index (κ2) is 9.25. The SMILES string of the molecule is C[C@@H](c1nccs1)N1C(=O)c2cccc(N3CCC[C@H](C(=O)NC4CCCCC4)C3)c2C1=O. The van der Waals surface area contributed by atoms with Crippen molar-refractivity contribution in [3.63, 3.8) is 0 Å². The van der Waals surface area contributed by atoms with Gasteiger partial charge in [-0.05, 0) is 44.7 Å². The molecule has 3 aliphatic rings. The van der Waals surface area contributed by atoms with Crippen LogP contribution in [0, 0.1) is 5.92 Å². The summed E-state index contributed by atoms with van der Waals surface area (Å²) >= 11 is 1.44. The van der Waals surface area contributed by atoms with Gasteiger partial charge in [0.25, 0.3) is 11.8 Å². The Labute approximate surface area is 198 Å². The molecule has 3 heterocycles. The lowest BCUT2D eigenvalue weighted by atomic mass is 9.92. The van der Waals surface area contributed by atoms with E-state index in [0.717, 1.165) is 42.9 Å². The van der Waals surface area contributed by atoms with Crippen molar-refractivity contribution in [2.75, 3.05) is 18.0 Å². The van der Waals surface area contributed by atoms with E-state index in [-0.39, 0.29) is 23.6 Å². The van der Waals surface area contributed by atoms with Gasteiger partial charge in [0.05, 0.1) is 28.8 Å². The third-order valence-corrected chi connectivity index (χ3v) is 8.15. The zero-order valence-corrected chi connectivity index (χ0v) is 19.8. The Morgan fingerprint density at radius 2 is 1.94 bits per heavy atom. The van der Waals surface area contributed by atoms with Crippen molar-refractivity contribution in [3.8, 4) is 0 Å². The van der Waals surface area contributed by atoms with Crippen molar-refractivity contribution in [1.82, 2.24) is 15.2 Å². The molecule has 2 aliphatic heterocycles. The Kier molecular flexibility index (Phi) is 6.19. The number of imide groups is 1. The summed E-state index contributed by atoms with van der Waals surface area (Å²) in [5.41, 5.74) is 1.66. The minimum Gasteiger partial charge on any atom is -0.370 e. The van der Waals surface area contributed by atoms with Gasteiger partial charge in [-0.3, -0.25) is 19.3 Å². The molecule has 0 radical (unpaired) electrons. The summed E-state index contributed by atoms with van der Waals surface area (Å²) in [6.45, 7) is 3.18. The highest BCUT2D eigenvalue weighted by Crippen LogP contribution is 2.38. The Hall–Kier alpha value is -2.74. The quantitative estimate of drug-likeness (QED) is 0.669. The number of fused-ring (bicyclic) bond motifs is 1. The number of carbonyl (C=O) groups is 3. The van der Waals surface area contributed by atoms with E-state index in [1.54, 1.807) is 12.3 Å². The molecule has 1 aromatic heterocycles. The number of benzene rings is 1. The molecule has 0 bridgehead atoms. The monoisotopic (exact) mass is 466 g/mol. The molecule has 2 aromatic rings. The molecule has 1 saturated carbocycles. The highest BCUT2D eigenvalue weighted by molar-refractivity contribution is 7.09. The molecule has 0 spiro atoms. The maximum atomic E-state index is 13.5. The number of amides is 3. The van der Waals surface area contributed by atoms with Crippen molar-refractivity contribution in [2.24, 2.45) is 5.92 Å². The molecule has 1 aromatic carbocycles. The number of carbonyl (C=O) groups excluding carboxylic acids is 3. The van der Waals surface area contributed by atoms with Gasteiger partial charge in [0.2, 0.25) is 5.91 Å². The third kappa shape index (κ3) is 4.16. The second-order valence-electron chi connectivity index (χ2n) is 9.36. The van der Waals surface area contributed by atoms with Crippen molar-refractivity contribution < 1.29 is 14.4 Å². The van der Waals surface area contributed by atoms with Crippen LogP contribution in [0.3, 0.4) is 0 Å². The number of nitrogens with zero attached hydrogens (tertiary/aromatic N) is 3. The predicted octanol–water partition coefficient (Wildman–Crippen LogP) is 4.17. The molecule has 1 saturated heterocycles. The van der Waals surface area contributed by atoms with Crippen molar-refractivity contribution in [2.45, 2.75) is 64.0 Å². The largest absolute Gasteiger partial charge is 0.370 e. The van der Waals surface area contributed by atoms with Crippen molar-refractivity contribution in [3.05, 3.63) is 45.9 Å². The van der Waals surface area contributed by atoms with E-state index in [4.69, 9.17) is 0 Å². The Bertz CT molecular complexity index is 1050. The molecule has 2 atom stereocenters. The zero-order valence-electron chi connectivity index (χ0n) is 19.0. The van der Waals surface area contributed by atoms with Gasteiger partial charge in [0, 0.05) is 30.7 Å². The molecular formula is C25H30N4O3S. The van der Waals surface area contributed by atoms with Crippen molar-refractivity contribution in [1.29, 1.82) is 0 Å². The summed E-state index contributed by atoms with van der Waals surface area (Å²) < 4.78 is 0. The number of hydrogen-bond acceptors (Lipinski definition) is 6. The fourth-order valence-corrected chi connectivity index (χ4v) is 6.11. The lowest BCUT2D eigenvalue weighted by Gasteiger charge is -2.35. The van der Waals surface area contributed by atoms with Gasteiger partial charge in [0.15, 0.2) is 0 Å². The van der Waals surface area contributed by atoms with Crippen LogP contribution >= 0.6 is 11.3 Å². The van der Waals surface area contributed by atoms with Crippen LogP contribution < -0.4 is 10.2 Å². The van der Waals surface area contributed by atoms with Gasteiger partial charge in [-0.25, -0.2) is 4.98 Å². The molecule has 174 valence electrons. The van der Waals surface area contributed by atoms with Crippen LogP contribution in [0.25, 0.3) is 0 Å². The molecule has 1 aliphatic carbocycles. The molecule has 7 nitrogen and oxygen atoms in total. The second-order valence-corrected chi connectivity index (χ2v) is 10.3. The number of aromatic nitrogens is 1. The Balaban J connectivity index is 1.35. The summed E-state index contributed by atoms with van der Waals surface area (Å²) in [6, 6.07) is 5.35. The van der Waals surface area contributed by atoms with Gasteiger partial charge in [-0.1, -0.05) is 25.3 Å². The third-order valence-electron chi connectivity index (χ3n) is 7.20. The van der Waals surface area contributed by atoms with Gasteiger partial charge in [0.1, 0.15) is 5.01 Å². The van der Waals surface area contributed by atoms with E-state index < -0.39 is 6.04 Å². The number of anilines is 1. The molecular weight excluding hydrogens is 436 g/mol. The first-order valence-corrected chi connectivity index (χ1v) is 12.9. The topological polar surface area (TPSA) is 82.6 Å². The fraction of sp³-hybridized carbons (Fsp3) is 0.520. The first kappa shape index (κ1) is 22.1. The lowest BCUT2D eigenvalue weighted by Crippen LogP contribution is -2.46. The molecule has 8 heteroatoms. The number of nitrogens with one attached hydrogen (secondary N) is 1. The first-order chi connectivity index (χ1) is 16.0. The number of piperidine rings is 1. The fourth-order valence-electron chi connectivity index (χ4n) is 5.43. The van der Waals surface area contributed by atoms with Crippen LogP contribution in [0.4, 0.5) is 5.69 Å². The van der Waals surface area contributed by atoms with Crippen LogP contribution in [0.5, 0.6) is 0 Å². The van der Waals surface area contributed by atoms with Crippen LogP contribution in [0.2, 0.25) is 0 Å². The van der Waals surface area contributed by atoms with E-state index in [1.165, 1.54) is 35.5 Å². The summed E-state index contributed by atoms with van der Waals surface area (Å²) in [6.07, 6.45) is 9.18. The van der Waals surface area contributed by atoms with E-state index in [1.807, 2.05) is 24.4 Å². The molecule has 5 rings (SSSR count). The van der Waals surface area contributed by atoms with Gasteiger partial charge >= 0.3 is 0 Å². The summed E-state index contributed by atoms with van der Waals surface area (Å²) in [5, 5.41) is 5.85. The van der Waals surface area contributed by atoms with Gasteiger partial charge in [-0.2, -0.15) is 0 Å². The van der Waals surface area contributed by atoms with Crippen LogP contribution in [-0.2, 0) is 4.79 Å². The van der Waals surface area contributed by atoms with E-state index >= 15 is 0 Å². The van der Waals surface area contributed by atoms with Crippen LogP contribution in [0.1, 0.15) is 83.6 Å². The average molecular weight is 467 g/mol. The standard InChI is InChI=1S/C25H30N4O3S/c1-16(23-26-12-14-33-23)29-24(31)19-10-5-11-20(21(19)25(29)32)28-13-6-7-17(15-28)22(30)27-18-8-3-2-4-9-18/h5,10-12,14,16-18H,2-4,6-9,13,15H2,1H3,(H,27,30)/t16-,17-/m0/s1. The van der Waals surface area contributed by atoms with Gasteiger partial charge < -0.3 is 10.2 Å². The average Bonchev–Trinajstić information content (AvgIpc) is 3.47. The lowest BCUT2D eigenvalue weighted by molar-refractivity contribution is -0.126. The zero-order chi connectivity index (χ0) is 22.9. The number of rotatable bonds is 5. The highest BCUT2D eigenvalue weighted by atomic mass is 32.1. The highest BCUT2D eigenvalue weighted by Gasteiger charge is 2.42. The van der Waals surface area contributed by atoms with E-state index in [2.05, 4.69) is 15.2 Å². The summed E-state index contributed by atoms with van der Waals surface area (Å²) in [4.78, 5) is 47.4. The summed E-state index contributed by atoms with van der Waals surface area (Å²) in [5.74, 6) is -0.528. The van der Waals surface area contributed by atoms with Crippen LogP contribution in [0.15, 0.2) is 29.8 Å². The first-order valence-electron chi connectivity index (χ1n) is 12.0. The van der Waals surface area contributed by atoms with E-state index in [0.29, 0.717) is 23.7 Å². The van der Waals surface area contributed by atoms with Gasteiger partial charge in [-0.15, -0.1) is 11.3 Å². The summed E-state index contributed by atoms with van der Waals surface area (Å²) in [7, 11) is 0. The van der Waals surface area contributed by atoms with E-state index in [9.17, 15) is 14.4 Å². The predicted molar refractivity (Wildman–Crippen MR) is 127 cm³/mol. The molecule has 33 heavy (non-hydrogen) atoms. The minimum atomic E-state index is -0.416. The smallest absolute Gasteiger partial charge is 0.264 e. The van der Waals surface area contributed by atoms with Crippen molar-refractivity contribution >= 4 is 34.7 Å². The normalized spacial score (nSPS) is 22.4. The Morgan fingerprint density at radius 3 is 2.70 bits per heavy atom. The number of hydrogen-bond donors (Lipinski definition) is 1. The van der Waals surface area contributed by atoms with Crippen LogP contribution in [-0.4, -0.2) is 46.7 Å². The molecule has 3 amide bonds. The maximum absolute atomic E-state index is 13.5. The minimum absolute atomic E-state index is 0.103. The Morgan fingerprint density at radius 1 is 1.12 bits per heavy atom. The molecule has 1 N–H and O–H groups in total. The maximum Gasteiger partial charge on any atom is 0.264 e. The number of thiazole rings is 1.